The lowest BCUT2D eigenvalue weighted by Gasteiger charge is -2.24. The smallest absolute Gasteiger partial charge is 0.191 e. The summed E-state index contributed by atoms with van der Waals surface area (Å²) in [5.41, 5.74) is 5.72. The van der Waals surface area contributed by atoms with Crippen molar-refractivity contribution in [3.8, 4) is 11.1 Å². The van der Waals surface area contributed by atoms with Crippen molar-refractivity contribution in [3.05, 3.63) is 68.4 Å². The number of rotatable bonds is 6. The van der Waals surface area contributed by atoms with E-state index >= 15 is 0 Å². The van der Waals surface area contributed by atoms with Crippen LogP contribution in [0.15, 0.2) is 51.9 Å². The average Bonchev–Trinajstić information content (AvgIpc) is 2.61. The van der Waals surface area contributed by atoms with Gasteiger partial charge in [0.15, 0.2) is 5.43 Å². The molecule has 0 saturated heterocycles. The van der Waals surface area contributed by atoms with Gasteiger partial charge >= 0.3 is 0 Å². The van der Waals surface area contributed by atoms with E-state index in [4.69, 9.17) is 0 Å². The number of benzene rings is 2. The van der Waals surface area contributed by atoms with Gasteiger partial charge in [-0.15, -0.1) is 0 Å². The molecule has 0 spiro atoms. The molecular formula is C24H28BrNO. The van der Waals surface area contributed by atoms with Crippen LogP contribution in [0.2, 0.25) is 0 Å². The fourth-order valence-corrected chi connectivity index (χ4v) is 4.83. The van der Waals surface area contributed by atoms with E-state index in [-0.39, 0.29) is 5.43 Å². The number of aryl methyl sites for hydroxylation is 2. The monoisotopic (exact) mass is 425 g/mol. The van der Waals surface area contributed by atoms with Crippen molar-refractivity contribution in [2.75, 3.05) is 0 Å². The summed E-state index contributed by atoms with van der Waals surface area (Å²) in [6, 6.07) is 14.8. The van der Waals surface area contributed by atoms with E-state index in [1.807, 2.05) is 0 Å². The Morgan fingerprint density at radius 3 is 2.30 bits per heavy atom. The molecule has 0 N–H and O–H groups in total. The Bertz CT molecular complexity index is 1010. The zero-order valence-corrected chi connectivity index (χ0v) is 18.3. The normalized spacial score (nSPS) is 11.5. The first-order chi connectivity index (χ1) is 13.0. The molecule has 2 nitrogen and oxygen atoms in total. The Balaban J connectivity index is 2.34. The van der Waals surface area contributed by atoms with Crippen molar-refractivity contribution in [3.63, 3.8) is 0 Å². The van der Waals surface area contributed by atoms with Gasteiger partial charge in [-0.25, -0.2) is 0 Å². The highest BCUT2D eigenvalue weighted by molar-refractivity contribution is 9.10. The molecule has 0 fully saturated rings. The molecule has 0 radical (unpaired) electrons. The van der Waals surface area contributed by atoms with Gasteiger partial charge in [-0.3, -0.25) is 4.79 Å². The predicted molar refractivity (Wildman–Crippen MR) is 120 cm³/mol. The summed E-state index contributed by atoms with van der Waals surface area (Å²) in [4.78, 5) is 13.0. The Labute approximate surface area is 170 Å². The number of hydrogen-bond acceptors (Lipinski definition) is 1. The number of pyridine rings is 1. The Hall–Kier alpha value is -1.87. The Kier molecular flexibility index (Phi) is 6.21. The van der Waals surface area contributed by atoms with Gasteiger partial charge in [0.1, 0.15) is 0 Å². The molecule has 0 amide bonds. The fourth-order valence-electron chi connectivity index (χ4n) is 4.15. The van der Waals surface area contributed by atoms with Crippen LogP contribution in [0.4, 0.5) is 0 Å². The predicted octanol–water partition coefficient (Wildman–Crippen LogP) is 7.19. The topological polar surface area (TPSA) is 22.0 Å². The van der Waals surface area contributed by atoms with E-state index in [1.165, 1.54) is 11.1 Å². The summed E-state index contributed by atoms with van der Waals surface area (Å²) in [6.07, 6.45) is 4.47. The van der Waals surface area contributed by atoms with Crippen molar-refractivity contribution in [1.82, 2.24) is 4.57 Å². The molecule has 0 atom stereocenters. The van der Waals surface area contributed by atoms with E-state index in [9.17, 15) is 4.79 Å². The molecule has 2 aromatic carbocycles. The third kappa shape index (κ3) is 3.89. The maximum atomic E-state index is 13.0. The molecule has 1 heterocycles. The third-order valence-electron chi connectivity index (χ3n) is 5.31. The molecule has 3 heteroatoms. The Morgan fingerprint density at radius 2 is 1.67 bits per heavy atom. The van der Waals surface area contributed by atoms with E-state index in [0.717, 1.165) is 52.3 Å². The zero-order chi connectivity index (χ0) is 19.6. The van der Waals surface area contributed by atoms with Crippen LogP contribution in [-0.2, 0) is 0 Å². The van der Waals surface area contributed by atoms with Crippen LogP contribution in [-0.4, -0.2) is 4.57 Å². The minimum atomic E-state index is 0.0791. The highest BCUT2D eigenvalue weighted by Crippen LogP contribution is 2.34. The van der Waals surface area contributed by atoms with Gasteiger partial charge in [0.05, 0.1) is 15.5 Å². The number of hydrogen-bond donors (Lipinski definition) is 0. The Morgan fingerprint density at radius 1 is 0.963 bits per heavy atom. The maximum Gasteiger partial charge on any atom is 0.191 e. The van der Waals surface area contributed by atoms with Gasteiger partial charge in [0, 0.05) is 12.1 Å². The molecule has 3 aromatic rings. The molecular weight excluding hydrogens is 398 g/mol. The maximum absolute atomic E-state index is 13.0. The van der Waals surface area contributed by atoms with Crippen LogP contribution in [0.3, 0.4) is 0 Å². The SMILES string of the molecule is CCCC(CCC)n1c(Br)cc(=O)c2c(-c3ccc(C)cc3C)cccc21. The van der Waals surface area contributed by atoms with Crippen molar-refractivity contribution in [2.24, 2.45) is 0 Å². The molecule has 0 aliphatic heterocycles. The van der Waals surface area contributed by atoms with Crippen LogP contribution < -0.4 is 5.43 Å². The first-order valence-electron chi connectivity index (χ1n) is 9.89. The second-order valence-electron chi connectivity index (χ2n) is 7.45. The van der Waals surface area contributed by atoms with Gasteiger partial charge in [0.25, 0.3) is 0 Å². The number of fused-ring (bicyclic) bond motifs is 1. The van der Waals surface area contributed by atoms with Gasteiger partial charge in [0.2, 0.25) is 0 Å². The largest absolute Gasteiger partial charge is 0.332 e. The molecule has 142 valence electrons. The fraction of sp³-hybridized carbons (Fsp3) is 0.375. The summed E-state index contributed by atoms with van der Waals surface area (Å²) < 4.78 is 3.21. The van der Waals surface area contributed by atoms with Crippen molar-refractivity contribution < 1.29 is 0 Å². The number of aromatic nitrogens is 1. The van der Waals surface area contributed by atoms with Crippen LogP contribution in [0.5, 0.6) is 0 Å². The second-order valence-corrected chi connectivity index (χ2v) is 8.26. The van der Waals surface area contributed by atoms with E-state index in [1.54, 1.807) is 6.07 Å². The summed E-state index contributed by atoms with van der Waals surface area (Å²) in [5, 5.41) is 0.824. The summed E-state index contributed by atoms with van der Waals surface area (Å²) in [5.74, 6) is 0. The number of halogens is 1. The lowest BCUT2D eigenvalue weighted by Crippen LogP contribution is -2.16. The average molecular weight is 426 g/mol. The van der Waals surface area contributed by atoms with Gasteiger partial charge in [-0.05, 0) is 65.4 Å². The van der Waals surface area contributed by atoms with Crippen molar-refractivity contribution >= 4 is 26.8 Å². The van der Waals surface area contributed by atoms with Crippen LogP contribution in [0.1, 0.15) is 56.7 Å². The third-order valence-corrected chi connectivity index (χ3v) is 5.92. The minimum absolute atomic E-state index is 0.0791. The second kappa shape index (κ2) is 8.43. The number of nitrogens with zero attached hydrogens (tertiary/aromatic N) is 1. The molecule has 3 rings (SSSR count). The first-order valence-corrected chi connectivity index (χ1v) is 10.7. The molecule has 0 saturated carbocycles. The van der Waals surface area contributed by atoms with Crippen molar-refractivity contribution in [1.29, 1.82) is 0 Å². The molecule has 27 heavy (non-hydrogen) atoms. The highest BCUT2D eigenvalue weighted by Gasteiger charge is 2.18. The van der Waals surface area contributed by atoms with Crippen LogP contribution in [0.25, 0.3) is 22.0 Å². The lowest BCUT2D eigenvalue weighted by atomic mass is 9.95. The van der Waals surface area contributed by atoms with Gasteiger partial charge < -0.3 is 4.57 Å². The molecule has 0 aliphatic rings. The van der Waals surface area contributed by atoms with E-state index in [0.29, 0.717) is 6.04 Å². The highest BCUT2D eigenvalue weighted by atomic mass is 79.9. The van der Waals surface area contributed by atoms with Gasteiger partial charge in [-0.2, -0.15) is 0 Å². The van der Waals surface area contributed by atoms with Gasteiger partial charge in [-0.1, -0.05) is 62.6 Å². The van der Waals surface area contributed by atoms with Crippen LogP contribution >= 0.6 is 15.9 Å². The lowest BCUT2D eigenvalue weighted by molar-refractivity contribution is 0.430. The standard InChI is InChI=1S/C24H28BrNO/c1-5-8-18(9-6-2)26-21-11-7-10-20(24(21)22(27)15-23(26)25)19-13-12-16(3)14-17(19)4/h7,10-15,18H,5-6,8-9H2,1-4H3. The zero-order valence-electron chi connectivity index (χ0n) is 16.7. The van der Waals surface area contributed by atoms with E-state index < -0.39 is 0 Å². The molecule has 1 aromatic heterocycles. The summed E-state index contributed by atoms with van der Waals surface area (Å²) in [6.45, 7) is 8.67. The summed E-state index contributed by atoms with van der Waals surface area (Å²) in [7, 11) is 0. The molecule has 0 bridgehead atoms. The quantitative estimate of drug-likeness (QED) is 0.383. The minimum Gasteiger partial charge on any atom is -0.332 e. The van der Waals surface area contributed by atoms with E-state index in [2.05, 4.69) is 84.6 Å². The molecule has 0 unspecified atom stereocenters. The molecule has 0 aliphatic carbocycles. The summed E-state index contributed by atoms with van der Waals surface area (Å²) >= 11 is 3.68. The van der Waals surface area contributed by atoms with Crippen LogP contribution in [0, 0.1) is 13.8 Å². The first kappa shape index (κ1) is 19.9. The van der Waals surface area contributed by atoms with Crippen molar-refractivity contribution in [2.45, 2.75) is 59.4 Å².